The lowest BCUT2D eigenvalue weighted by Crippen LogP contribution is -2.09. The summed E-state index contributed by atoms with van der Waals surface area (Å²) in [4.78, 5) is 0. The van der Waals surface area contributed by atoms with Gasteiger partial charge in [0, 0.05) is 12.1 Å². The van der Waals surface area contributed by atoms with Crippen LogP contribution in [0.5, 0.6) is 0 Å². The van der Waals surface area contributed by atoms with Gasteiger partial charge in [-0.05, 0) is 12.5 Å². The van der Waals surface area contributed by atoms with E-state index >= 15 is 0 Å². The van der Waals surface area contributed by atoms with Crippen LogP contribution in [0, 0.1) is 0 Å². The molecule has 80 valence electrons. The highest BCUT2D eigenvalue weighted by molar-refractivity contribution is 5.19. The van der Waals surface area contributed by atoms with Crippen molar-refractivity contribution in [2.45, 2.75) is 26.0 Å². The molecule has 0 saturated carbocycles. The van der Waals surface area contributed by atoms with E-state index in [0.717, 1.165) is 18.5 Å². The van der Waals surface area contributed by atoms with Crippen LogP contribution in [0.25, 0.3) is 0 Å². The Morgan fingerprint density at radius 1 is 1.60 bits per heavy atom. The third kappa shape index (κ3) is 1.92. The lowest BCUT2D eigenvalue weighted by Gasteiger charge is -2.09. The maximum atomic E-state index is 10.0. The molecular formula is C10H13N3O2. The van der Waals surface area contributed by atoms with E-state index in [4.69, 9.17) is 4.42 Å². The summed E-state index contributed by atoms with van der Waals surface area (Å²) in [7, 11) is 0. The Hall–Kier alpha value is -1.62. The maximum Gasteiger partial charge on any atom is 0.125 e. The molecule has 2 rings (SSSR count). The minimum Gasteiger partial charge on any atom is -0.472 e. The second-order valence-corrected chi connectivity index (χ2v) is 3.34. The molecule has 0 aliphatic rings. The Bertz CT molecular complexity index is 408. The molecular weight excluding hydrogens is 194 g/mol. The number of aryl methyl sites for hydroxylation is 1. The van der Waals surface area contributed by atoms with Crippen molar-refractivity contribution in [2.24, 2.45) is 0 Å². The summed E-state index contributed by atoms with van der Waals surface area (Å²) in [5.41, 5.74) is 1.41. The number of hydrogen-bond donors (Lipinski definition) is 1. The van der Waals surface area contributed by atoms with Gasteiger partial charge in [-0.3, -0.25) is 0 Å². The third-order valence-corrected chi connectivity index (χ3v) is 2.22. The first kappa shape index (κ1) is 9.92. The second-order valence-electron chi connectivity index (χ2n) is 3.34. The summed E-state index contributed by atoms with van der Waals surface area (Å²) in [6.07, 6.45) is 4.87. The van der Waals surface area contributed by atoms with Gasteiger partial charge in [0.2, 0.25) is 0 Å². The molecule has 1 unspecified atom stereocenters. The van der Waals surface area contributed by atoms with Gasteiger partial charge in [-0.1, -0.05) is 12.1 Å². The highest BCUT2D eigenvalue weighted by Crippen LogP contribution is 2.21. The SMILES string of the molecule is CCCn1nncc1C(O)c1ccoc1. The molecule has 2 aromatic heterocycles. The van der Waals surface area contributed by atoms with E-state index in [-0.39, 0.29) is 0 Å². The zero-order chi connectivity index (χ0) is 10.7. The van der Waals surface area contributed by atoms with Crippen LogP contribution in [-0.2, 0) is 6.54 Å². The van der Waals surface area contributed by atoms with E-state index in [9.17, 15) is 5.11 Å². The monoisotopic (exact) mass is 207 g/mol. The number of aliphatic hydroxyl groups is 1. The van der Waals surface area contributed by atoms with E-state index < -0.39 is 6.10 Å². The Balaban J connectivity index is 2.25. The molecule has 2 aromatic rings. The van der Waals surface area contributed by atoms with Crippen molar-refractivity contribution in [2.75, 3.05) is 0 Å². The molecule has 0 radical (unpaired) electrons. The molecule has 0 fully saturated rings. The average Bonchev–Trinajstić information content (AvgIpc) is 2.87. The molecule has 1 atom stereocenters. The van der Waals surface area contributed by atoms with Crippen LogP contribution >= 0.6 is 0 Å². The number of aromatic nitrogens is 3. The molecule has 0 aliphatic heterocycles. The first-order valence-electron chi connectivity index (χ1n) is 4.91. The van der Waals surface area contributed by atoms with Crippen LogP contribution < -0.4 is 0 Å². The number of furan rings is 1. The summed E-state index contributed by atoms with van der Waals surface area (Å²) in [5.74, 6) is 0. The summed E-state index contributed by atoms with van der Waals surface area (Å²) >= 11 is 0. The predicted molar refractivity (Wildman–Crippen MR) is 53.1 cm³/mol. The van der Waals surface area contributed by atoms with E-state index in [1.807, 2.05) is 0 Å². The van der Waals surface area contributed by atoms with Gasteiger partial charge in [0.25, 0.3) is 0 Å². The van der Waals surface area contributed by atoms with Crippen molar-refractivity contribution >= 4 is 0 Å². The van der Waals surface area contributed by atoms with Crippen molar-refractivity contribution in [1.29, 1.82) is 0 Å². The maximum absolute atomic E-state index is 10.0. The van der Waals surface area contributed by atoms with Gasteiger partial charge < -0.3 is 9.52 Å². The number of nitrogens with zero attached hydrogens (tertiary/aromatic N) is 3. The van der Waals surface area contributed by atoms with E-state index in [2.05, 4.69) is 17.2 Å². The zero-order valence-electron chi connectivity index (χ0n) is 8.50. The second kappa shape index (κ2) is 4.27. The Morgan fingerprint density at radius 2 is 2.47 bits per heavy atom. The van der Waals surface area contributed by atoms with Gasteiger partial charge in [-0.15, -0.1) is 5.10 Å². The molecule has 5 heteroatoms. The van der Waals surface area contributed by atoms with Crippen molar-refractivity contribution < 1.29 is 9.52 Å². The molecule has 0 amide bonds. The fourth-order valence-corrected chi connectivity index (χ4v) is 1.46. The Labute approximate surface area is 87.3 Å². The van der Waals surface area contributed by atoms with Crippen molar-refractivity contribution in [3.63, 3.8) is 0 Å². The standard InChI is InChI=1S/C10H13N3O2/c1-2-4-13-9(6-11-12-13)10(14)8-3-5-15-7-8/h3,5-7,10,14H,2,4H2,1H3. The lowest BCUT2D eigenvalue weighted by atomic mass is 10.1. The van der Waals surface area contributed by atoms with Gasteiger partial charge >= 0.3 is 0 Å². The number of rotatable bonds is 4. The summed E-state index contributed by atoms with van der Waals surface area (Å²) in [6.45, 7) is 2.81. The summed E-state index contributed by atoms with van der Waals surface area (Å²) in [5, 5.41) is 17.7. The molecule has 0 aliphatic carbocycles. The largest absolute Gasteiger partial charge is 0.472 e. The highest BCUT2D eigenvalue weighted by Gasteiger charge is 2.16. The van der Waals surface area contributed by atoms with E-state index in [1.165, 1.54) is 12.5 Å². The molecule has 1 N–H and O–H groups in total. The molecule has 15 heavy (non-hydrogen) atoms. The number of hydrogen-bond acceptors (Lipinski definition) is 4. The first-order chi connectivity index (χ1) is 7.33. The number of aliphatic hydroxyl groups excluding tert-OH is 1. The zero-order valence-corrected chi connectivity index (χ0v) is 8.50. The minimum absolute atomic E-state index is 0.693. The molecule has 0 spiro atoms. The predicted octanol–water partition coefficient (Wildman–Crippen LogP) is 1.36. The summed E-state index contributed by atoms with van der Waals surface area (Å²) < 4.78 is 6.63. The lowest BCUT2D eigenvalue weighted by molar-refractivity contribution is 0.206. The van der Waals surface area contributed by atoms with Gasteiger partial charge in [0.1, 0.15) is 6.10 Å². The summed E-state index contributed by atoms with van der Waals surface area (Å²) in [6, 6.07) is 1.73. The van der Waals surface area contributed by atoms with Crippen LogP contribution in [0.3, 0.4) is 0 Å². The van der Waals surface area contributed by atoms with Gasteiger partial charge in [0.15, 0.2) is 0 Å². The normalized spacial score (nSPS) is 12.9. The van der Waals surface area contributed by atoms with Gasteiger partial charge in [0.05, 0.1) is 24.4 Å². The van der Waals surface area contributed by atoms with E-state index in [1.54, 1.807) is 16.9 Å². The van der Waals surface area contributed by atoms with Crippen LogP contribution in [0.15, 0.2) is 29.2 Å². The van der Waals surface area contributed by atoms with Gasteiger partial charge in [-0.25, -0.2) is 4.68 Å². The van der Waals surface area contributed by atoms with Crippen LogP contribution in [-0.4, -0.2) is 20.1 Å². The fourth-order valence-electron chi connectivity index (χ4n) is 1.46. The molecule has 0 bridgehead atoms. The Kier molecular flexibility index (Phi) is 2.82. The fraction of sp³-hybridized carbons (Fsp3) is 0.400. The van der Waals surface area contributed by atoms with Crippen LogP contribution in [0.2, 0.25) is 0 Å². The highest BCUT2D eigenvalue weighted by atomic mass is 16.3. The Morgan fingerprint density at radius 3 is 3.13 bits per heavy atom. The molecule has 5 nitrogen and oxygen atoms in total. The third-order valence-electron chi connectivity index (χ3n) is 2.22. The average molecular weight is 207 g/mol. The van der Waals surface area contributed by atoms with Crippen molar-refractivity contribution in [3.8, 4) is 0 Å². The van der Waals surface area contributed by atoms with Crippen molar-refractivity contribution in [3.05, 3.63) is 36.0 Å². The molecule has 2 heterocycles. The van der Waals surface area contributed by atoms with Crippen LogP contribution in [0.1, 0.15) is 30.7 Å². The van der Waals surface area contributed by atoms with Gasteiger partial charge in [-0.2, -0.15) is 0 Å². The smallest absolute Gasteiger partial charge is 0.125 e. The molecule has 0 aromatic carbocycles. The topological polar surface area (TPSA) is 64.1 Å². The first-order valence-corrected chi connectivity index (χ1v) is 4.91. The molecule has 0 saturated heterocycles. The van der Waals surface area contributed by atoms with Crippen LogP contribution in [0.4, 0.5) is 0 Å². The minimum atomic E-state index is -0.717. The quantitative estimate of drug-likeness (QED) is 0.822. The van der Waals surface area contributed by atoms with Crippen molar-refractivity contribution in [1.82, 2.24) is 15.0 Å². The van der Waals surface area contributed by atoms with E-state index in [0.29, 0.717) is 5.69 Å².